The minimum Gasteiger partial charge on any atom is -0.371 e. The van der Waals surface area contributed by atoms with Crippen molar-refractivity contribution in [1.29, 1.82) is 0 Å². The minimum absolute atomic E-state index is 0.0469. The summed E-state index contributed by atoms with van der Waals surface area (Å²) in [6.07, 6.45) is 2.21. The van der Waals surface area contributed by atoms with Crippen molar-refractivity contribution >= 4 is 11.6 Å². The Balaban J connectivity index is 1.87. The van der Waals surface area contributed by atoms with Gasteiger partial charge >= 0.3 is 0 Å². The van der Waals surface area contributed by atoms with E-state index in [-0.39, 0.29) is 23.7 Å². The molecule has 23 heavy (non-hydrogen) atoms. The van der Waals surface area contributed by atoms with Crippen molar-refractivity contribution in [3.63, 3.8) is 0 Å². The fourth-order valence-electron chi connectivity index (χ4n) is 2.94. The fraction of sp³-hybridized carbons (Fsp3) is 0.632. The molecule has 0 bridgehead atoms. The number of nitrogens with zero attached hydrogens (tertiary/aromatic N) is 1. The summed E-state index contributed by atoms with van der Waals surface area (Å²) in [6, 6.07) is 7.92. The van der Waals surface area contributed by atoms with Gasteiger partial charge in [0.2, 0.25) is 5.91 Å². The third kappa shape index (κ3) is 5.33. The van der Waals surface area contributed by atoms with Crippen molar-refractivity contribution in [2.24, 2.45) is 0 Å². The maximum absolute atomic E-state index is 12.5. The number of aryl methyl sites for hydroxylation is 1. The number of carbonyl (C=O) groups excluding carboxylic acids is 1. The molecule has 1 unspecified atom stereocenters. The first-order valence-electron chi connectivity index (χ1n) is 8.60. The SMILES string of the molecule is CCc1ccc(NC(=O)C(C)N2CC[C@H](OC(C)(C)C)C2)cc1. The van der Waals surface area contributed by atoms with Crippen LogP contribution in [0.15, 0.2) is 24.3 Å². The molecule has 0 aromatic heterocycles. The van der Waals surface area contributed by atoms with Crippen molar-refractivity contribution in [2.75, 3.05) is 18.4 Å². The van der Waals surface area contributed by atoms with E-state index in [2.05, 4.69) is 50.0 Å². The van der Waals surface area contributed by atoms with Gasteiger partial charge < -0.3 is 10.1 Å². The van der Waals surface area contributed by atoms with Crippen LogP contribution in [-0.2, 0) is 16.0 Å². The Hall–Kier alpha value is -1.39. The summed E-state index contributed by atoms with van der Waals surface area (Å²) >= 11 is 0. The molecule has 128 valence electrons. The van der Waals surface area contributed by atoms with Crippen LogP contribution in [0.2, 0.25) is 0 Å². The lowest BCUT2D eigenvalue weighted by molar-refractivity contribution is -0.120. The Morgan fingerprint density at radius 3 is 2.57 bits per heavy atom. The third-order valence-corrected chi connectivity index (χ3v) is 4.25. The number of carbonyl (C=O) groups is 1. The number of amides is 1. The molecule has 2 atom stereocenters. The number of hydrogen-bond acceptors (Lipinski definition) is 3. The monoisotopic (exact) mass is 318 g/mol. The zero-order valence-corrected chi connectivity index (χ0v) is 15.1. The van der Waals surface area contributed by atoms with Crippen LogP contribution < -0.4 is 5.32 Å². The van der Waals surface area contributed by atoms with E-state index in [1.54, 1.807) is 0 Å². The van der Waals surface area contributed by atoms with Crippen LogP contribution in [0.5, 0.6) is 0 Å². The van der Waals surface area contributed by atoms with Crippen LogP contribution in [0.4, 0.5) is 5.69 Å². The van der Waals surface area contributed by atoms with Crippen molar-refractivity contribution in [1.82, 2.24) is 4.90 Å². The molecular formula is C19H30N2O2. The largest absolute Gasteiger partial charge is 0.371 e. The molecule has 0 aliphatic carbocycles. The van der Waals surface area contributed by atoms with Crippen molar-refractivity contribution < 1.29 is 9.53 Å². The summed E-state index contributed by atoms with van der Waals surface area (Å²) in [6.45, 7) is 12.0. The smallest absolute Gasteiger partial charge is 0.241 e. The molecule has 1 aromatic carbocycles. The Bertz CT molecular complexity index is 519. The molecule has 0 radical (unpaired) electrons. The summed E-state index contributed by atoms with van der Waals surface area (Å²) in [5, 5.41) is 3.01. The molecule has 1 aliphatic rings. The molecular weight excluding hydrogens is 288 g/mol. The normalized spacial score (nSPS) is 20.5. The van der Waals surface area contributed by atoms with Crippen molar-refractivity contribution in [2.45, 2.75) is 65.2 Å². The van der Waals surface area contributed by atoms with Gasteiger partial charge in [-0.3, -0.25) is 9.69 Å². The number of benzene rings is 1. The van der Waals surface area contributed by atoms with Crippen LogP contribution in [0, 0.1) is 0 Å². The van der Waals surface area contributed by atoms with Gasteiger partial charge in [-0.25, -0.2) is 0 Å². The molecule has 0 saturated carbocycles. The van der Waals surface area contributed by atoms with E-state index in [4.69, 9.17) is 4.74 Å². The predicted octanol–water partition coefficient (Wildman–Crippen LogP) is 3.47. The lowest BCUT2D eigenvalue weighted by Gasteiger charge is -2.26. The molecule has 1 fully saturated rings. The second-order valence-electron chi connectivity index (χ2n) is 7.35. The second kappa shape index (κ2) is 7.45. The summed E-state index contributed by atoms with van der Waals surface area (Å²) in [7, 11) is 0. The van der Waals surface area contributed by atoms with Gasteiger partial charge in [-0.15, -0.1) is 0 Å². The van der Waals surface area contributed by atoms with Gasteiger partial charge in [0.25, 0.3) is 0 Å². The molecule has 1 N–H and O–H groups in total. The van der Waals surface area contributed by atoms with E-state index in [1.165, 1.54) is 5.56 Å². The van der Waals surface area contributed by atoms with Crippen LogP contribution in [0.1, 0.15) is 46.6 Å². The zero-order valence-electron chi connectivity index (χ0n) is 15.1. The molecule has 4 nitrogen and oxygen atoms in total. The zero-order chi connectivity index (χ0) is 17.0. The molecule has 4 heteroatoms. The average molecular weight is 318 g/mol. The van der Waals surface area contributed by atoms with Crippen LogP contribution in [-0.4, -0.2) is 41.6 Å². The minimum atomic E-state index is -0.144. The lowest BCUT2D eigenvalue weighted by Crippen LogP contribution is -2.41. The number of likely N-dealkylation sites (tertiary alicyclic amines) is 1. The topological polar surface area (TPSA) is 41.6 Å². The first-order chi connectivity index (χ1) is 10.8. The molecule has 0 spiro atoms. The lowest BCUT2D eigenvalue weighted by atomic mass is 10.1. The van der Waals surface area contributed by atoms with Gasteiger partial charge in [-0.05, 0) is 58.2 Å². The highest BCUT2D eigenvalue weighted by Crippen LogP contribution is 2.21. The van der Waals surface area contributed by atoms with E-state index < -0.39 is 0 Å². The maximum Gasteiger partial charge on any atom is 0.241 e. The quantitative estimate of drug-likeness (QED) is 0.904. The van der Waals surface area contributed by atoms with E-state index in [0.717, 1.165) is 31.6 Å². The van der Waals surface area contributed by atoms with Crippen molar-refractivity contribution in [3.8, 4) is 0 Å². The Morgan fingerprint density at radius 2 is 2.00 bits per heavy atom. The number of hydrogen-bond donors (Lipinski definition) is 1. The van der Waals surface area contributed by atoms with Crippen molar-refractivity contribution in [3.05, 3.63) is 29.8 Å². The summed E-state index contributed by atoms with van der Waals surface area (Å²) in [5.74, 6) is 0.0469. The Kier molecular flexibility index (Phi) is 5.82. The van der Waals surface area contributed by atoms with Gasteiger partial charge in [0, 0.05) is 18.8 Å². The number of nitrogens with one attached hydrogen (secondary N) is 1. The highest BCUT2D eigenvalue weighted by molar-refractivity contribution is 5.94. The van der Waals surface area contributed by atoms with Crippen LogP contribution in [0.25, 0.3) is 0 Å². The third-order valence-electron chi connectivity index (χ3n) is 4.25. The first-order valence-corrected chi connectivity index (χ1v) is 8.60. The summed E-state index contributed by atoms with van der Waals surface area (Å²) in [4.78, 5) is 14.7. The van der Waals surface area contributed by atoms with E-state index in [9.17, 15) is 4.79 Å². The van der Waals surface area contributed by atoms with E-state index in [1.807, 2.05) is 19.1 Å². The summed E-state index contributed by atoms with van der Waals surface area (Å²) in [5.41, 5.74) is 2.01. The van der Waals surface area contributed by atoms with Gasteiger partial charge in [0.15, 0.2) is 0 Å². The van der Waals surface area contributed by atoms with Gasteiger partial charge in [0.05, 0.1) is 17.7 Å². The second-order valence-corrected chi connectivity index (χ2v) is 7.35. The Labute approximate surface area is 140 Å². The molecule has 2 rings (SSSR count). The van der Waals surface area contributed by atoms with E-state index in [0.29, 0.717) is 0 Å². The van der Waals surface area contributed by atoms with Gasteiger partial charge in [-0.2, -0.15) is 0 Å². The van der Waals surface area contributed by atoms with Gasteiger partial charge in [0.1, 0.15) is 0 Å². The Morgan fingerprint density at radius 1 is 1.35 bits per heavy atom. The number of rotatable bonds is 5. The predicted molar refractivity (Wildman–Crippen MR) is 94.7 cm³/mol. The maximum atomic E-state index is 12.5. The van der Waals surface area contributed by atoms with E-state index >= 15 is 0 Å². The number of ether oxygens (including phenoxy) is 1. The molecule has 1 saturated heterocycles. The molecule has 1 aromatic rings. The van der Waals surface area contributed by atoms with Crippen LogP contribution >= 0.6 is 0 Å². The molecule has 1 aliphatic heterocycles. The highest BCUT2D eigenvalue weighted by Gasteiger charge is 2.32. The molecule has 1 heterocycles. The first kappa shape index (κ1) is 18.0. The summed E-state index contributed by atoms with van der Waals surface area (Å²) < 4.78 is 6.03. The van der Waals surface area contributed by atoms with Gasteiger partial charge in [-0.1, -0.05) is 19.1 Å². The highest BCUT2D eigenvalue weighted by atomic mass is 16.5. The fourth-order valence-corrected chi connectivity index (χ4v) is 2.94. The standard InChI is InChI=1S/C19H30N2O2/c1-6-15-7-9-16(10-8-15)20-18(22)14(2)21-12-11-17(13-21)23-19(3,4)5/h7-10,14,17H,6,11-13H2,1-5H3,(H,20,22)/t14?,17-/m0/s1. The van der Waals surface area contributed by atoms with Crippen LogP contribution in [0.3, 0.4) is 0 Å². The number of anilines is 1. The average Bonchev–Trinajstić information content (AvgIpc) is 2.93. The molecule has 1 amide bonds.